The average Bonchev–Trinajstić information content (AvgIpc) is 2.78. The number of rotatable bonds is 7. The van der Waals surface area contributed by atoms with Gasteiger partial charge in [-0.2, -0.15) is 0 Å². The zero-order chi connectivity index (χ0) is 12.0. The summed E-state index contributed by atoms with van der Waals surface area (Å²) in [5, 5.41) is 10.4. The van der Waals surface area contributed by atoms with E-state index in [9.17, 15) is 5.11 Å². The SMILES string of the molecule is CCOC(CC)(CC)C(O)CC1CCCC1. The Morgan fingerprint density at radius 1 is 1.19 bits per heavy atom. The second-order valence-corrected chi connectivity index (χ2v) is 5.11. The highest BCUT2D eigenvalue weighted by molar-refractivity contribution is 4.88. The molecule has 0 radical (unpaired) electrons. The van der Waals surface area contributed by atoms with Crippen LogP contribution >= 0.6 is 0 Å². The molecule has 1 aliphatic rings. The molecular formula is C14H28O2. The molecule has 2 nitrogen and oxygen atoms in total. The van der Waals surface area contributed by atoms with Crippen LogP contribution in [0.4, 0.5) is 0 Å². The molecule has 0 aromatic heterocycles. The Balaban J connectivity index is 2.54. The van der Waals surface area contributed by atoms with Crippen LogP contribution in [-0.2, 0) is 4.74 Å². The summed E-state index contributed by atoms with van der Waals surface area (Å²) in [5.74, 6) is 0.730. The smallest absolute Gasteiger partial charge is 0.0934 e. The van der Waals surface area contributed by atoms with Crippen molar-refractivity contribution in [1.82, 2.24) is 0 Å². The Morgan fingerprint density at radius 2 is 1.75 bits per heavy atom. The van der Waals surface area contributed by atoms with Gasteiger partial charge in [-0.3, -0.25) is 0 Å². The number of hydrogen-bond acceptors (Lipinski definition) is 2. The van der Waals surface area contributed by atoms with Crippen molar-refractivity contribution in [3.05, 3.63) is 0 Å². The molecule has 1 fully saturated rings. The van der Waals surface area contributed by atoms with Crippen LogP contribution in [0.15, 0.2) is 0 Å². The summed E-state index contributed by atoms with van der Waals surface area (Å²) in [6.45, 7) is 6.96. The van der Waals surface area contributed by atoms with Gasteiger partial charge in [-0.25, -0.2) is 0 Å². The van der Waals surface area contributed by atoms with Crippen molar-refractivity contribution < 1.29 is 9.84 Å². The van der Waals surface area contributed by atoms with E-state index in [-0.39, 0.29) is 11.7 Å². The summed E-state index contributed by atoms with van der Waals surface area (Å²) in [6, 6.07) is 0. The molecule has 1 aliphatic carbocycles. The van der Waals surface area contributed by atoms with Crippen molar-refractivity contribution in [3.63, 3.8) is 0 Å². The predicted octanol–water partition coefficient (Wildman–Crippen LogP) is 3.52. The molecular weight excluding hydrogens is 200 g/mol. The monoisotopic (exact) mass is 228 g/mol. The first-order valence-electron chi connectivity index (χ1n) is 7.00. The molecule has 0 saturated heterocycles. The number of aliphatic hydroxyl groups excluding tert-OH is 1. The van der Waals surface area contributed by atoms with Gasteiger partial charge in [-0.05, 0) is 32.1 Å². The van der Waals surface area contributed by atoms with Crippen LogP contribution in [0.25, 0.3) is 0 Å². The maximum absolute atomic E-state index is 10.4. The summed E-state index contributed by atoms with van der Waals surface area (Å²) in [5.41, 5.74) is -0.294. The number of ether oxygens (including phenoxy) is 1. The van der Waals surface area contributed by atoms with Crippen molar-refractivity contribution >= 4 is 0 Å². The van der Waals surface area contributed by atoms with Crippen LogP contribution in [0, 0.1) is 5.92 Å². The van der Waals surface area contributed by atoms with E-state index in [2.05, 4.69) is 13.8 Å². The lowest BCUT2D eigenvalue weighted by Crippen LogP contribution is -2.44. The molecule has 1 unspecified atom stereocenters. The Morgan fingerprint density at radius 3 is 2.19 bits per heavy atom. The number of aliphatic hydroxyl groups is 1. The average molecular weight is 228 g/mol. The summed E-state index contributed by atoms with van der Waals surface area (Å²) >= 11 is 0. The highest BCUT2D eigenvalue weighted by atomic mass is 16.5. The molecule has 0 bridgehead atoms. The zero-order valence-corrected chi connectivity index (χ0v) is 11.2. The first-order chi connectivity index (χ1) is 7.68. The van der Waals surface area contributed by atoms with Gasteiger partial charge >= 0.3 is 0 Å². The van der Waals surface area contributed by atoms with Crippen LogP contribution in [0.2, 0.25) is 0 Å². The van der Waals surface area contributed by atoms with Gasteiger partial charge in [0, 0.05) is 6.61 Å². The van der Waals surface area contributed by atoms with Crippen molar-refractivity contribution in [2.75, 3.05) is 6.61 Å². The predicted molar refractivity (Wildman–Crippen MR) is 67.5 cm³/mol. The van der Waals surface area contributed by atoms with E-state index >= 15 is 0 Å². The van der Waals surface area contributed by atoms with Crippen molar-refractivity contribution in [2.24, 2.45) is 5.92 Å². The molecule has 1 saturated carbocycles. The molecule has 0 spiro atoms. The third-order valence-corrected chi connectivity index (χ3v) is 4.27. The lowest BCUT2D eigenvalue weighted by molar-refractivity contribution is -0.131. The van der Waals surface area contributed by atoms with E-state index in [4.69, 9.17) is 4.74 Å². The third-order valence-electron chi connectivity index (χ3n) is 4.27. The third kappa shape index (κ3) is 3.21. The number of hydrogen-bond donors (Lipinski definition) is 1. The molecule has 0 aromatic rings. The molecule has 0 heterocycles. The molecule has 16 heavy (non-hydrogen) atoms. The molecule has 1 N–H and O–H groups in total. The minimum atomic E-state index is -0.294. The van der Waals surface area contributed by atoms with Gasteiger partial charge < -0.3 is 9.84 Å². The minimum Gasteiger partial charge on any atom is -0.390 e. The first-order valence-corrected chi connectivity index (χ1v) is 7.00. The zero-order valence-electron chi connectivity index (χ0n) is 11.2. The topological polar surface area (TPSA) is 29.5 Å². The van der Waals surface area contributed by atoms with Gasteiger partial charge in [0.2, 0.25) is 0 Å². The van der Waals surface area contributed by atoms with E-state index in [1.54, 1.807) is 0 Å². The molecule has 0 aliphatic heterocycles. The lowest BCUT2D eigenvalue weighted by atomic mass is 9.84. The van der Waals surface area contributed by atoms with Gasteiger partial charge in [0.1, 0.15) is 0 Å². The van der Waals surface area contributed by atoms with Crippen LogP contribution in [-0.4, -0.2) is 23.4 Å². The maximum atomic E-state index is 10.4. The van der Waals surface area contributed by atoms with Crippen molar-refractivity contribution in [1.29, 1.82) is 0 Å². The fourth-order valence-electron chi connectivity index (χ4n) is 3.09. The quantitative estimate of drug-likeness (QED) is 0.722. The van der Waals surface area contributed by atoms with E-state index in [0.29, 0.717) is 6.61 Å². The lowest BCUT2D eigenvalue weighted by Gasteiger charge is -2.37. The first kappa shape index (κ1) is 14.0. The second-order valence-electron chi connectivity index (χ2n) is 5.11. The Hall–Kier alpha value is -0.0800. The largest absolute Gasteiger partial charge is 0.390 e. The normalized spacial score (nSPS) is 20.2. The fourth-order valence-corrected chi connectivity index (χ4v) is 3.09. The van der Waals surface area contributed by atoms with Gasteiger partial charge in [0.15, 0.2) is 0 Å². The summed E-state index contributed by atoms with van der Waals surface area (Å²) < 4.78 is 5.85. The van der Waals surface area contributed by atoms with Crippen molar-refractivity contribution in [3.8, 4) is 0 Å². The summed E-state index contributed by atoms with van der Waals surface area (Å²) in [4.78, 5) is 0. The van der Waals surface area contributed by atoms with E-state index in [1.807, 2.05) is 6.92 Å². The van der Waals surface area contributed by atoms with E-state index in [0.717, 1.165) is 25.2 Å². The van der Waals surface area contributed by atoms with Gasteiger partial charge in [0.05, 0.1) is 11.7 Å². The molecule has 1 rings (SSSR count). The molecule has 96 valence electrons. The van der Waals surface area contributed by atoms with Crippen molar-refractivity contribution in [2.45, 2.75) is 77.4 Å². The fraction of sp³-hybridized carbons (Fsp3) is 1.00. The Bertz CT molecular complexity index is 181. The van der Waals surface area contributed by atoms with Crippen LogP contribution in [0.5, 0.6) is 0 Å². The van der Waals surface area contributed by atoms with E-state index in [1.165, 1.54) is 25.7 Å². The molecule has 0 aromatic carbocycles. The van der Waals surface area contributed by atoms with Crippen LogP contribution in [0.1, 0.15) is 65.7 Å². The van der Waals surface area contributed by atoms with E-state index < -0.39 is 0 Å². The van der Waals surface area contributed by atoms with Gasteiger partial charge in [0.25, 0.3) is 0 Å². The summed E-state index contributed by atoms with van der Waals surface area (Å²) in [6.07, 6.45) is 7.75. The molecule has 0 amide bonds. The highest BCUT2D eigenvalue weighted by Gasteiger charge is 2.36. The standard InChI is InChI=1S/C14H28O2/c1-4-14(5-2,16-6-3)13(15)11-12-9-7-8-10-12/h12-13,15H,4-11H2,1-3H3. The minimum absolute atomic E-state index is 0.287. The molecule has 2 heteroatoms. The second kappa shape index (κ2) is 6.61. The molecule has 1 atom stereocenters. The Labute approximate surface area is 100 Å². The van der Waals surface area contributed by atoms with Crippen LogP contribution in [0.3, 0.4) is 0 Å². The highest BCUT2D eigenvalue weighted by Crippen LogP contribution is 2.34. The van der Waals surface area contributed by atoms with Crippen LogP contribution < -0.4 is 0 Å². The Kier molecular flexibility index (Phi) is 5.77. The summed E-state index contributed by atoms with van der Waals surface area (Å²) in [7, 11) is 0. The van der Waals surface area contributed by atoms with Gasteiger partial charge in [-0.1, -0.05) is 39.5 Å². The van der Waals surface area contributed by atoms with Gasteiger partial charge in [-0.15, -0.1) is 0 Å². The maximum Gasteiger partial charge on any atom is 0.0934 e.